The third kappa shape index (κ3) is 6.32. The standard InChI is InChI=1S/C56H37N3O/c1-57-56(49-16-9-17-52-54(49)48-31-30-44(34-53(48)60-52)39-22-20-38(21-23-39)37-10-3-2-4-11-37)59-55(45-29-28-43-27-25-41-13-6-8-15-47(41)51(43)33-45)58-35-36-18-19-42-26-24-40-12-5-7-14-46(40)50(42)32-36/h2-34H,1,35H2. The van der Waals surface area contributed by atoms with Gasteiger partial charge in [0, 0.05) is 21.9 Å². The van der Waals surface area contributed by atoms with E-state index in [0.717, 1.165) is 60.5 Å². The molecular weight excluding hydrogens is 731 g/mol. The van der Waals surface area contributed by atoms with Gasteiger partial charge in [0.25, 0.3) is 0 Å². The van der Waals surface area contributed by atoms with Crippen LogP contribution in [-0.4, -0.2) is 18.4 Å². The van der Waals surface area contributed by atoms with Crippen molar-refractivity contribution in [2.75, 3.05) is 0 Å². The fourth-order valence-electron chi connectivity index (χ4n) is 8.60. The zero-order chi connectivity index (χ0) is 40.0. The Morgan fingerprint density at radius 3 is 1.72 bits per heavy atom. The van der Waals surface area contributed by atoms with Gasteiger partial charge in [-0.15, -0.1) is 0 Å². The van der Waals surface area contributed by atoms with Crippen molar-refractivity contribution in [3.63, 3.8) is 0 Å². The Morgan fingerprint density at radius 1 is 0.417 bits per heavy atom. The molecule has 0 aliphatic carbocycles. The second-order valence-electron chi connectivity index (χ2n) is 15.2. The van der Waals surface area contributed by atoms with Gasteiger partial charge in [0.1, 0.15) is 11.2 Å². The summed E-state index contributed by atoms with van der Waals surface area (Å²) in [7, 11) is 0. The molecule has 0 radical (unpaired) electrons. The second kappa shape index (κ2) is 14.8. The fourth-order valence-corrected chi connectivity index (χ4v) is 8.60. The summed E-state index contributed by atoms with van der Waals surface area (Å²) in [5.74, 6) is 1.06. The molecule has 4 nitrogen and oxygen atoms in total. The van der Waals surface area contributed by atoms with Crippen LogP contribution in [0, 0.1) is 0 Å². The van der Waals surface area contributed by atoms with Crippen LogP contribution in [0.3, 0.4) is 0 Å². The zero-order valence-electron chi connectivity index (χ0n) is 32.7. The van der Waals surface area contributed by atoms with Crippen LogP contribution in [0.2, 0.25) is 0 Å². The van der Waals surface area contributed by atoms with Crippen molar-refractivity contribution < 1.29 is 4.42 Å². The second-order valence-corrected chi connectivity index (χ2v) is 15.2. The lowest BCUT2D eigenvalue weighted by atomic mass is 9.98. The zero-order valence-corrected chi connectivity index (χ0v) is 32.7. The highest BCUT2D eigenvalue weighted by atomic mass is 16.3. The van der Waals surface area contributed by atoms with Crippen LogP contribution in [0.1, 0.15) is 16.7 Å². The number of hydrogen-bond acceptors (Lipinski definition) is 2. The molecule has 4 heteroatoms. The van der Waals surface area contributed by atoms with Gasteiger partial charge < -0.3 is 4.42 Å². The third-order valence-corrected chi connectivity index (χ3v) is 11.7. The predicted molar refractivity (Wildman–Crippen MR) is 254 cm³/mol. The van der Waals surface area contributed by atoms with Gasteiger partial charge in [0.15, 0.2) is 11.7 Å². The minimum Gasteiger partial charge on any atom is -0.456 e. The SMILES string of the molecule is C=NC(=NC(=NCc1ccc2ccc3ccccc3c2c1)c1ccc2ccc3ccccc3c2c1)c1cccc2oc3cc(-c4ccc(-c5ccccc5)cc4)ccc3c12. The normalized spacial score (nSPS) is 12.3. The molecule has 1 heterocycles. The molecule has 0 unspecified atom stereocenters. The van der Waals surface area contributed by atoms with Gasteiger partial charge >= 0.3 is 0 Å². The van der Waals surface area contributed by atoms with Crippen LogP contribution in [-0.2, 0) is 6.54 Å². The van der Waals surface area contributed by atoms with Gasteiger partial charge in [0.05, 0.1) is 6.54 Å². The van der Waals surface area contributed by atoms with Crippen molar-refractivity contribution in [1.82, 2.24) is 0 Å². The summed E-state index contributed by atoms with van der Waals surface area (Å²) in [6, 6.07) is 70.4. The molecule has 10 aromatic carbocycles. The van der Waals surface area contributed by atoms with Crippen molar-refractivity contribution in [3.8, 4) is 22.3 Å². The van der Waals surface area contributed by atoms with Gasteiger partial charge in [-0.1, -0.05) is 170 Å². The Balaban J connectivity index is 1.02. The molecule has 0 aliphatic heterocycles. The maximum absolute atomic E-state index is 6.55. The monoisotopic (exact) mass is 767 g/mol. The van der Waals surface area contributed by atoms with E-state index in [-0.39, 0.29) is 0 Å². The number of nitrogens with zero attached hydrogens (tertiary/aromatic N) is 3. The summed E-state index contributed by atoms with van der Waals surface area (Å²) in [6.07, 6.45) is 0. The Kier molecular flexibility index (Phi) is 8.67. The molecule has 0 aliphatic rings. The highest BCUT2D eigenvalue weighted by Crippen LogP contribution is 2.36. The Hall–Kier alpha value is -7.95. The largest absolute Gasteiger partial charge is 0.456 e. The number of hydrogen-bond donors (Lipinski definition) is 0. The average Bonchev–Trinajstić information content (AvgIpc) is 3.70. The number of aliphatic imine (C=N–C) groups is 3. The van der Waals surface area contributed by atoms with Crippen molar-refractivity contribution in [2.24, 2.45) is 15.0 Å². The van der Waals surface area contributed by atoms with Crippen molar-refractivity contribution >= 4 is 83.4 Å². The van der Waals surface area contributed by atoms with Crippen LogP contribution in [0.15, 0.2) is 220 Å². The number of amidine groups is 2. The van der Waals surface area contributed by atoms with E-state index < -0.39 is 0 Å². The van der Waals surface area contributed by atoms with Crippen LogP contribution in [0.4, 0.5) is 0 Å². The average molecular weight is 768 g/mol. The Labute approximate surface area is 347 Å². The first-order chi connectivity index (χ1) is 29.7. The molecule has 0 saturated carbocycles. The molecule has 0 N–H and O–H groups in total. The topological polar surface area (TPSA) is 50.2 Å². The third-order valence-electron chi connectivity index (χ3n) is 11.7. The van der Waals surface area contributed by atoms with Crippen LogP contribution >= 0.6 is 0 Å². The van der Waals surface area contributed by atoms with E-state index in [1.54, 1.807) is 0 Å². The molecule has 0 amide bonds. The summed E-state index contributed by atoms with van der Waals surface area (Å²) < 4.78 is 6.55. The molecular formula is C56H37N3O. The first-order valence-corrected chi connectivity index (χ1v) is 20.2. The van der Waals surface area contributed by atoms with E-state index in [1.165, 1.54) is 43.4 Å². The number of fused-ring (bicyclic) bond motifs is 9. The summed E-state index contributed by atoms with van der Waals surface area (Å²) in [6.45, 7) is 4.48. The van der Waals surface area contributed by atoms with Gasteiger partial charge in [-0.05, 0) is 108 Å². The van der Waals surface area contributed by atoms with Crippen molar-refractivity contribution in [1.29, 1.82) is 0 Å². The van der Waals surface area contributed by atoms with Crippen LogP contribution in [0.5, 0.6) is 0 Å². The van der Waals surface area contributed by atoms with Crippen LogP contribution < -0.4 is 0 Å². The lowest BCUT2D eigenvalue weighted by molar-refractivity contribution is 0.669. The first kappa shape index (κ1) is 35.2. The van der Waals surface area contributed by atoms with E-state index in [2.05, 4.69) is 188 Å². The minimum absolute atomic E-state index is 0.434. The van der Waals surface area contributed by atoms with E-state index in [0.29, 0.717) is 18.2 Å². The molecule has 282 valence electrons. The quantitative estimate of drug-likeness (QED) is 0.0944. The first-order valence-electron chi connectivity index (χ1n) is 20.2. The smallest absolute Gasteiger partial charge is 0.161 e. The molecule has 1 aromatic heterocycles. The molecule has 0 atom stereocenters. The van der Waals surface area contributed by atoms with Gasteiger partial charge in [-0.3, -0.25) is 4.99 Å². The van der Waals surface area contributed by atoms with E-state index >= 15 is 0 Å². The van der Waals surface area contributed by atoms with Crippen molar-refractivity contribution in [2.45, 2.75) is 6.54 Å². The fraction of sp³-hybridized carbons (Fsp3) is 0.0179. The minimum atomic E-state index is 0.434. The number of furan rings is 1. The Bertz CT molecular complexity index is 3520. The maximum atomic E-state index is 6.55. The summed E-state index contributed by atoms with van der Waals surface area (Å²) in [5, 5.41) is 11.5. The molecule has 11 aromatic rings. The van der Waals surface area contributed by atoms with E-state index in [1.807, 2.05) is 24.3 Å². The lowest BCUT2D eigenvalue weighted by Crippen LogP contribution is -2.06. The number of rotatable bonds is 6. The van der Waals surface area contributed by atoms with E-state index in [4.69, 9.17) is 14.4 Å². The summed E-state index contributed by atoms with van der Waals surface area (Å²) >= 11 is 0. The molecule has 0 bridgehead atoms. The van der Waals surface area contributed by atoms with Gasteiger partial charge in [-0.25, -0.2) is 9.98 Å². The van der Waals surface area contributed by atoms with Gasteiger partial charge in [-0.2, -0.15) is 0 Å². The summed E-state index contributed by atoms with van der Waals surface area (Å²) in [5.41, 5.74) is 8.97. The lowest BCUT2D eigenvalue weighted by Gasteiger charge is -2.10. The van der Waals surface area contributed by atoms with Gasteiger partial charge in [0.2, 0.25) is 0 Å². The summed E-state index contributed by atoms with van der Waals surface area (Å²) in [4.78, 5) is 15.1. The molecule has 60 heavy (non-hydrogen) atoms. The molecule has 0 spiro atoms. The van der Waals surface area contributed by atoms with Crippen molar-refractivity contribution in [3.05, 3.63) is 217 Å². The molecule has 0 saturated heterocycles. The highest BCUT2D eigenvalue weighted by Gasteiger charge is 2.17. The highest BCUT2D eigenvalue weighted by molar-refractivity contribution is 6.22. The molecule has 11 rings (SSSR count). The molecule has 0 fully saturated rings. The maximum Gasteiger partial charge on any atom is 0.161 e. The number of benzene rings is 10. The van der Waals surface area contributed by atoms with Crippen LogP contribution in [0.25, 0.3) is 87.3 Å². The predicted octanol–water partition coefficient (Wildman–Crippen LogP) is 14.6. The van der Waals surface area contributed by atoms with E-state index in [9.17, 15) is 0 Å². The Morgan fingerprint density at radius 2 is 1.00 bits per heavy atom.